The van der Waals surface area contributed by atoms with E-state index in [0.29, 0.717) is 57.6 Å². The highest BCUT2D eigenvalue weighted by Gasteiger charge is 2.25. The van der Waals surface area contributed by atoms with Crippen LogP contribution in [0.4, 0.5) is 4.39 Å². The summed E-state index contributed by atoms with van der Waals surface area (Å²) in [6, 6.07) is 34.0. The lowest BCUT2D eigenvalue weighted by molar-refractivity contribution is -0.115. The van der Waals surface area contributed by atoms with Gasteiger partial charge in [0.1, 0.15) is 90.4 Å². The molecule has 6 aromatic rings. The smallest absolute Gasteiger partial charge is 0.280 e. The average Bonchev–Trinajstić information content (AvgIpc) is 3.72. The van der Waals surface area contributed by atoms with E-state index in [2.05, 4.69) is 56.7 Å². The van der Waals surface area contributed by atoms with Gasteiger partial charge in [0.15, 0.2) is 29.5 Å². The van der Waals surface area contributed by atoms with E-state index in [-0.39, 0.29) is 71.3 Å². The van der Waals surface area contributed by atoms with E-state index in [1.165, 1.54) is 42.6 Å². The molecule has 1 aliphatic heterocycles. The maximum atomic E-state index is 15.1. The van der Waals surface area contributed by atoms with Crippen LogP contribution in [0, 0.1) is 19.7 Å². The molecule has 1 aromatic heterocycles. The van der Waals surface area contributed by atoms with Gasteiger partial charge in [0.2, 0.25) is 5.82 Å². The second kappa shape index (κ2) is 34.2. The highest BCUT2D eigenvalue weighted by Crippen LogP contribution is 2.34. The normalized spacial score (nSPS) is 12.7. The van der Waals surface area contributed by atoms with Gasteiger partial charge in [0.05, 0.1) is 10.6 Å². The molecule has 7 rings (SSSR count). The van der Waals surface area contributed by atoms with Crippen LogP contribution in [-0.2, 0) is 61.4 Å². The third-order valence-electron chi connectivity index (χ3n) is 11.1. The average molecular weight is 1180 g/mol. The van der Waals surface area contributed by atoms with Gasteiger partial charge in [-0.15, -0.1) is 0 Å². The lowest BCUT2D eigenvalue weighted by Gasteiger charge is -2.17. The standard InChI is InChI=1S/C21H16ClFN4O5.C19H22N2O3.C18H25N5O5/c1-28-26-18(21-27-30-11-10-29-21)13-6-2-4-8-15(13)31-19-17(23)20(25-12-24-19)32-16-9-5-3-7-14(16)22;1-13-9-10-14(2)17(11-13)24-12-15-7-5-6-8-16(15)18(21-23-4)19(22)20-3;1-12(20-25-4)16(22-26-5)13(2)21-28-11-14-9-7-8-10-15(14)17(23-27-6)18(24)19-3/h2-9,12H,10-11H2,1H3;5-11H,12H2,1-4H3,(H,20,22);7-10H,11H2,1-6H3,(H,19,24)/b;21-18+;20-12+,21-13+,22-16+,23-17+. The maximum Gasteiger partial charge on any atom is 0.280 e. The fraction of sp³-hybridized carbons (Fsp3) is 0.259. The van der Waals surface area contributed by atoms with Crippen molar-refractivity contribution in [2.45, 2.75) is 40.9 Å². The fourth-order valence-corrected chi connectivity index (χ4v) is 7.38. The monoisotopic (exact) mass is 1180 g/mol. The number of oxime groups is 7. The number of ether oxygens (including phenoxy) is 4. The molecule has 2 heterocycles. The Bertz CT molecular complexity index is 3410. The van der Waals surface area contributed by atoms with Crippen molar-refractivity contribution in [2.24, 2.45) is 36.1 Å². The third-order valence-corrected chi connectivity index (χ3v) is 11.4. The van der Waals surface area contributed by atoms with E-state index >= 15 is 4.39 Å². The Balaban J connectivity index is 0.000000233. The van der Waals surface area contributed by atoms with Gasteiger partial charge in [0, 0.05) is 30.8 Å². The number of aromatic nitrogens is 2. The van der Waals surface area contributed by atoms with Crippen LogP contribution in [0.1, 0.15) is 52.8 Å². The molecule has 0 unspecified atom stereocenters. The summed E-state index contributed by atoms with van der Waals surface area (Å²) in [6.07, 6.45) is 1.11. The first-order chi connectivity index (χ1) is 40.7. The van der Waals surface area contributed by atoms with Crippen molar-refractivity contribution in [3.63, 3.8) is 0 Å². The molecule has 0 radical (unpaired) electrons. The van der Waals surface area contributed by atoms with Gasteiger partial charge >= 0.3 is 0 Å². The van der Waals surface area contributed by atoms with E-state index in [0.717, 1.165) is 28.8 Å². The van der Waals surface area contributed by atoms with Crippen LogP contribution in [0.25, 0.3) is 0 Å². The zero-order valence-electron chi connectivity index (χ0n) is 48.0. The predicted molar refractivity (Wildman–Crippen MR) is 314 cm³/mol. The minimum absolute atomic E-state index is 0.0912. The first-order valence-electron chi connectivity index (χ1n) is 25.3. The Morgan fingerprint density at radius 2 is 1.13 bits per heavy atom. The predicted octanol–water partition coefficient (Wildman–Crippen LogP) is 9.24. The number of carbonyl (C=O) groups excluding carboxylic acids is 2. The Morgan fingerprint density at radius 1 is 0.607 bits per heavy atom. The summed E-state index contributed by atoms with van der Waals surface area (Å²) in [5.41, 5.74) is 7.27. The zero-order valence-corrected chi connectivity index (χ0v) is 48.7. The number of benzene rings is 5. The van der Waals surface area contributed by atoms with Gasteiger partial charge < -0.3 is 63.4 Å². The Kier molecular flexibility index (Phi) is 26.3. The number of nitrogens with one attached hydrogen (secondary N) is 2. The number of halogens is 2. The molecule has 0 atom stereocenters. The number of aryl methyl sites for hydroxylation is 2. The SMILES string of the molecule is CNC(=O)/C(=N/OC)c1ccccc1CO/N=C(C)/C(=N/OC)C(/C)=N/OC.CNC(=O)/C(=N/OC)c1ccccc1COc1cc(C)ccc1C.CON=C(C1=NOCCO1)c1ccccc1Oc1ncnc(Oc2ccccc2Cl)c1F. The van der Waals surface area contributed by atoms with Crippen molar-refractivity contribution in [3.8, 4) is 29.0 Å². The lowest BCUT2D eigenvalue weighted by Crippen LogP contribution is -2.29. The van der Waals surface area contributed by atoms with Gasteiger partial charge in [-0.1, -0.05) is 127 Å². The van der Waals surface area contributed by atoms with Gasteiger partial charge in [-0.2, -0.15) is 14.4 Å². The molecule has 2 N–H and O–H groups in total. The number of hydrogen-bond donors (Lipinski definition) is 2. The molecule has 2 amide bonds. The molecule has 84 heavy (non-hydrogen) atoms. The minimum Gasteiger partial charge on any atom is -0.489 e. The van der Waals surface area contributed by atoms with Crippen LogP contribution in [0.5, 0.6) is 29.0 Å². The molecule has 0 saturated carbocycles. The van der Waals surface area contributed by atoms with Gasteiger partial charge in [-0.3, -0.25) is 9.59 Å². The van der Waals surface area contributed by atoms with Crippen molar-refractivity contribution < 1.29 is 66.8 Å². The summed E-state index contributed by atoms with van der Waals surface area (Å²) in [4.78, 5) is 66.5. The number of hydrogen-bond acceptors (Lipinski definition) is 22. The van der Waals surface area contributed by atoms with E-state index in [4.69, 9.17) is 64.4 Å². The number of likely N-dealkylation sites (N-methyl/N-ethyl adjacent to an activating group) is 2. The van der Waals surface area contributed by atoms with Crippen molar-refractivity contribution in [1.29, 1.82) is 0 Å². The van der Waals surface area contributed by atoms with Crippen LogP contribution >= 0.6 is 11.6 Å². The molecule has 442 valence electrons. The highest BCUT2D eigenvalue weighted by atomic mass is 35.5. The molecule has 0 fully saturated rings. The Labute approximate surface area is 489 Å². The molecular weight excluding hydrogens is 1110 g/mol. The topological polar surface area (TPSA) is 272 Å². The molecule has 0 spiro atoms. The van der Waals surface area contributed by atoms with E-state index < -0.39 is 5.82 Å². The fourth-order valence-electron chi connectivity index (χ4n) is 7.21. The Morgan fingerprint density at radius 3 is 1.69 bits per heavy atom. The number of amides is 2. The zero-order chi connectivity index (χ0) is 60.8. The maximum absolute atomic E-state index is 15.1. The second-order valence-electron chi connectivity index (χ2n) is 16.8. The molecule has 26 heteroatoms. The first-order valence-corrected chi connectivity index (χ1v) is 25.6. The van der Waals surface area contributed by atoms with Crippen molar-refractivity contribution in [2.75, 3.05) is 62.9 Å². The lowest BCUT2D eigenvalue weighted by atomic mass is 10.0. The number of para-hydroxylation sites is 2. The van der Waals surface area contributed by atoms with Crippen LogP contribution < -0.4 is 24.8 Å². The summed E-state index contributed by atoms with van der Waals surface area (Å²) in [5.74, 6) is -0.946. The summed E-state index contributed by atoms with van der Waals surface area (Å²) in [7, 11) is 10.1. The number of rotatable bonds is 23. The molecule has 1 aliphatic rings. The Hall–Kier alpha value is -10.2. The molecular formula is C58H63ClFN11O13. The summed E-state index contributed by atoms with van der Waals surface area (Å²) >= 11 is 6.07. The van der Waals surface area contributed by atoms with Crippen molar-refractivity contribution in [3.05, 3.63) is 171 Å². The third kappa shape index (κ3) is 18.7. The van der Waals surface area contributed by atoms with Crippen LogP contribution in [0.3, 0.4) is 0 Å². The quantitative estimate of drug-likeness (QED) is 0.0447. The van der Waals surface area contributed by atoms with Crippen molar-refractivity contribution in [1.82, 2.24) is 20.6 Å². The summed E-state index contributed by atoms with van der Waals surface area (Å²) < 4.78 is 37.8. The molecule has 0 bridgehead atoms. The molecule has 0 aliphatic carbocycles. The summed E-state index contributed by atoms with van der Waals surface area (Å²) in [5, 5.41) is 32.6. The van der Waals surface area contributed by atoms with Gasteiger partial charge in [0.25, 0.3) is 29.5 Å². The number of nitrogens with zero attached hydrogens (tertiary/aromatic N) is 9. The van der Waals surface area contributed by atoms with Crippen LogP contribution in [0.15, 0.2) is 158 Å². The molecule has 0 saturated heterocycles. The van der Waals surface area contributed by atoms with E-state index in [1.54, 1.807) is 87.6 Å². The number of carbonyl (C=O) groups is 2. The van der Waals surface area contributed by atoms with E-state index in [1.807, 2.05) is 62.4 Å². The van der Waals surface area contributed by atoms with Crippen LogP contribution in [0.2, 0.25) is 5.02 Å². The van der Waals surface area contributed by atoms with Gasteiger partial charge in [-0.05, 0) is 79.9 Å². The highest BCUT2D eigenvalue weighted by molar-refractivity contribution is 6.67. The molecule has 5 aromatic carbocycles. The minimum atomic E-state index is -0.915. The van der Waals surface area contributed by atoms with Gasteiger partial charge in [-0.25, -0.2) is 0 Å². The van der Waals surface area contributed by atoms with Crippen molar-refractivity contribution >= 4 is 63.6 Å². The second-order valence-corrected chi connectivity index (χ2v) is 17.2. The molecule has 24 nitrogen and oxygen atoms in total. The largest absolute Gasteiger partial charge is 0.489 e. The van der Waals surface area contributed by atoms with Crippen LogP contribution in [-0.4, -0.2) is 125 Å². The summed E-state index contributed by atoms with van der Waals surface area (Å²) in [6.45, 7) is 8.44. The van der Waals surface area contributed by atoms with E-state index in [9.17, 15) is 9.59 Å². The first kappa shape index (κ1) is 64.6.